The third-order valence-electron chi connectivity index (χ3n) is 3.65. The van der Waals surface area contributed by atoms with Gasteiger partial charge in [0.25, 0.3) is 0 Å². The Morgan fingerprint density at radius 2 is 2.13 bits per heavy atom. The molecule has 0 unspecified atom stereocenters. The number of nitrogens with two attached hydrogens (primary N) is 1. The van der Waals surface area contributed by atoms with Crippen LogP contribution in [0.25, 0.3) is 0 Å². The Hall–Kier alpha value is -1.02. The fourth-order valence-corrected chi connectivity index (χ4v) is 2.09. The first-order valence-electron chi connectivity index (χ1n) is 5.70. The minimum Gasteiger partial charge on any atom is -0.399 e. The fourth-order valence-electron chi connectivity index (χ4n) is 2.09. The normalized spacial score (nSPS) is 18.5. The summed E-state index contributed by atoms with van der Waals surface area (Å²) in [6, 6.07) is 6.15. The molecule has 2 heteroatoms. The van der Waals surface area contributed by atoms with Crippen LogP contribution in [0.3, 0.4) is 0 Å². The van der Waals surface area contributed by atoms with Crippen LogP contribution < -0.4 is 11.1 Å². The lowest BCUT2D eigenvalue weighted by molar-refractivity contribution is 0.206. The maximum atomic E-state index is 5.88. The van der Waals surface area contributed by atoms with Crippen molar-refractivity contribution in [2.45, 2.75) is 45.2 Å². The number of nitrogens with one attached hydrogen (secondary N) is 1. The van der Waals surface area contributed by atoms with E-state index in [2.05, 4.69) is 25.2 Å². The first kappa shape index (κ1) is 10.5. The van der Waals surface area contributed by atoms with E-state index in [4.69, 9.17) is 5.73 Å². The summed E-state index contributed by atoms with van der Waals surface area (Å²) in [6.07, 6.45) is 3.96. The van der Waals surface area contributed by atoms with Gasteiger partial charge in [0.15, 0.2) is 0 Å². The van der Waals surface area contributed by atoms with Gasteiger partial charge in [-0.2, -0.15) is 0 Å². The number of benzene rings is 1. The molecule has 0 atom stereocenters. The predicted molar refractivity (Wildman–Crippen MR) is 64.7 cm³/mol. The number of anilines is 1. The van der Waals surface area contributed by atoms with Crippen molar-refractivity contribution in [1.82, 2.24) is 5.32 Å². The quantitative estimate of drug-likeness (QED) is 0.743. The van der Waals surface area contributed by atoms with Gasteiger partial charge in [0, 0.05) is 17.8 Å². The zero-order valence-electron chi connectivity index (χ0n) is 9.64. The predicted octanol–water partition coefficient (Wildman–Crippen LogP) is 2.61. The molecule has 1 saturated carbocycles. The first-order valence-corrected chi connectivity index (χ1v) is 5.70. The summed E-state index contributed by atoms with van der Waals surface area (Å²) in [4.78, 5) is 0. The Balaban J connectivity index is 2.01. The van der Waals surface area contributed by atoms with Crippen LogP contribution >= 0.6 is 0 Å². The lowest BCUT2D eigenvalue weighted by Crippen LogP contribution is -2.47. The molecule has 82 valence electrons. The molecule has 1 aromatic rings. The third kappa shape index (κ3) is 2.15. The van der Waals surface area contributed by atoms with Crippen LogP contribution in [-0.2, 0) is 6.54 Å². The van der Waals surface area contributed by atoms with E-state index in [1.54, 1.807) is 0 Å². The molecule has 3 N–H and O–H groups in total. The van der Waals surface area contributed by atoms with Gasteiger partial charge < -0.3 is 11.1 Å². The Kier molecular flexibility index (Phi) is 2.70. The molecule has 0 heterocycles. The monoisotopic (exact) mass is 204 g/mol. The molecule has 0 bridgehead atoms. The zero-order valence-corrected chi connectivity index (χ0v) is 9.64. The molecule has 0 amide bonds. The van der Waals surface area contributed by atoms with Crippen LogP contribution in [0, 0.1) is 6.92 Å². The van der Waals surface area contributed by atoms with Gasteiger partial charge in [-0.05, 0) is 50.3 Å². The molecule has 1 aliphatic rings. The molecular formula is C13H20N2. The summed E-state index contributed by atoms with van der Waals surface area (Å²) in [7, 11) is 0. The Morgan fingerprint density at radius 3 is 2.73 bits per heavy atom. The average Bonchev–Trinajstić information content (AvgIpc) is 2.17. The van der Waals surface area contributed by atoms with E-state index in [1.807, 2.05) is 12.1 Å². The number of hydrogen-bond donors (Lipinski definition) is 2. The van der Waals surface area contributed by atoms with Gasteiger partial charge >= 0.3 is 0 Å². The van der Waals surface area contributed by atoms with E-state index in [1.165, 1.54) is 30.4 Å². The van der Waals surface area contributed by atoms with Gasteiger partial charge in [0.1, 0.15) is 0 Å². The fraction of sp³-hybridized carbons (Fsp3) is 0.538. The number of hydrogen-bond acceptors (Lipinski definition) is 2. The van der Waals surface area contributed by atoms with Crippen molar-refractivity contribution in [3.05, 3.63) is 29.3 Å². The first-order chi connectivity index (χ1) is 7.11. The van der Waals surface area contributed by atoms with Gasteiger partial charge in [-0.15, -0.1) is 0 Å². The summed E-state index contributed by atoms with van der Waals surface area (Å²) in [6.45, 7) is 5.33. The number of rotatable bonds is 3. The van der Waals surface area contributed by atoms with Crippen LogP contribution in [0.1, 0.15) is 37.3 Å². The van der Waals surface area contributed by atoms with Crippen molar-refractivity contribution in [2.24, 2.45) is 0 Å². The molecule has 0 aromatic heterocycles. The zero-order chi connectivity index (χ0) is 10.9. The maximum absolute atomic E-state index is 5.88. The highest BCUT2D eigenvalue weighted by molar-refractivity contribution is 5.49. The van der Waals surface area contributed by atoms with Crippen LogP contribution in [-0.4, -0.2) is 5.54 Å². The van der Waals surface area contributed by atoms with Crippen molar-refractivity contribution >= 4 is 5.69 Å². The lowest BCUT2D eigenvalue weighted by atomic mass is 9.78. The van der Waals surface area contributed by atoms with Crippen molar-refractivity contribution in [3.8, 4) is 0 Å². The molecule has 0 saturated heterocycles. The molecule has 1 aliphatic carbocycles. The summed E-state index contributed by atoms with van der Waals surface area (Å²) in [5.41, 5.74) is 9.69. The van der Waals surface area contributed by atoms with Crippen molar-refractivity contribution in [3.63, 3.8) is 0 Å². The van der Waals surface area contributed by atoms with Gasteiger partial charge in [-0.1, -0.05) is 12.1 Å². The van der Waals surface area contributed by atoms with Crippen LogP contribution in [0.2, 0.25) is 0 Å². The molecule has 2 rings (SSSR count). The topological polar surface area (TPSA) is 38.0 Å². The summed E-state index contributed by atoms with van der Waals surface area (Å²) < 4.78 is 0. The number of nitrogen functional groups attached to an aromatic ring is 1. The van der Waals surface area contributed by atoms with E-state index in [0.717, 1.165) is 12.2 Å². The minimum absolute atomic E-state index is 0.372. The molecule has 1 aromatic carbocycles. The molecule has 1 fully saturated rings. The SMILES string of the molecule is Cc1c(N)cccc1CNC1(C)CCC1. The average molecular weight is 204 g/mol. The van der Waals surface area contributed by atoms with E-state index in [0.29, 0.717) is 5.54 Å². The molecule has 15 heavy (non-hydrogen) atoms. The Bertz CT molecular complexity index is 354. The van der Waals surface area contributed by atoms with E-state index in [-0.39, 0.29) is 0 Å². The maximum Gasteiger partial charge on any atom is 0.0346 e. The summed E-state index contributed by atoms with van der Waals surface area (Å²) >= 11 is 0. The third-order valence-corrected chi connectivity index (χ3v) is 3.65. The molecular weight excluding hydrogens is 184 g/mol. The molecule has 0 radical (unpaired) electrons. The molecule has 2 nitrogen and oxygen atoms in total. The second kappa shape index (κ2) is 3.86. The second-order valence-electron chi connectivity index (χ2n) is 4.90. The van der Waals surface area contributed by atoms with Gasteiger partial charge in [-0.3, -0.25) is 0 Å². The summed E-state index contributed by atoms with van der Waals surface area (Å²) in [5.74, 6) is 0. The van der Waals surface area contributed by atoms with Crippen molar-refractivity contribution < 1.29 is 0 Å². The Labute approximate surface area is 91.9 Å². The highest BCUT2D eigenvalue weighted by Gasteiger charge is 2.30. The lowest BCUT2D eigenvalue weighted by Gasteiger charge is -2.39. The highest BCUT2D eigenvalue weighted by Crippen LogP contribution is 2.31. The van der Waals surface area contributed by atoms with Crippen LogP contribution in [0.5, 0.6) is 0 Å². The highest BCUT2D eigenvalue weighted by atomic mass is 15.0. The summed E-state index contributed by atoms with van der Waals surface area (Å²) in [5, 5.41) is 3.62. The van der Waals surface area contributed by atoms with Gasteiger partial charge in [0.2, 0.25) is 0 Å². The van der Waals surface area contributed by atoms with Gasteiger partial charge in [-0.25, -0.2) is 0 Å². The minimum atomic E-state index is 0.372. The molecule has 0 spiro atoms. The smallest absolute Gasteiger partial charge is 0.0346 e. The van der Waals surface area contributed by atoms with Crippen LogP contribution in [0.4, 0.5) is 5.69 Å². The van der Waals surface area contributed by atoms with Crippen LogP contribution in [0.15, 0.2) is 18.2 Å². The standard InChI is InChI=1S/C13H20N2/c1-10-11(5-3-6-12(10)14)9-15-13(2)7-4-8-13/h3,5-6,15H,4,7-9,14H2,1-2H3. The molecule has 0 aliphatic heterocycles. The van der Waals surface area contributed by atoms with Crippen molar-refractivity contribution in [2.75, 3.05) is 5.73 Å². The Morgan fingerprint density at radius 1 is 1.40 bits per heavy atom. The second-order valence-corrected chi connectivity index (χ2v) is 4.90. The van der Waals surface area contributed by atoms with Crippen molar-refractivity contribution in [1.29, 1.82) is 0 Å². The van der Waals surface area contributed by atoms with Gasteiger partial charge in [0.05, 0.1) is 0 Å². The van der Waals surface area contributed by atoms with E-state index < -0.39 is 0 Å². The van der Waals surface area contributed by atoms with E-state index in [9.17, 15) is 0 Å². The largest absolute Gasteiger partial charge is 0.399 e. The van der Waals surface area contributed by atoms with E-state index >= 15 is 0 Å².